The summed E-state index contributed by atoms with van der Waals surface area (Å²) in [5, 5.41) is 0. The van der Waals surface area contributed by atoms with Gasteiger partial charge in [0, 0.05) is 11.6 Å². The molecule has 0 bridgehead atoms. The Labute approximate surface area is 179 Å². The summed E-state index contributed by atoms with van der Waals surface area (Å²) in [6.45, 7) is 1.39. The fourth-order valence-electron chi connectivity index (χ4n) is 3.17. The zero-order valence-electron chi connectivity index (χ0n) is 17.8. The lowest BCUT2D eigenvalue weighted by Gasteiger charge is -2.09. The molecule has 0 unspecified atom stereocenters. The topological polar surface area (TPSA) is 61.8 Å². The monoisotopic (exact) mass is 412 g/mol. The van der Waals surface area contributed by atoms with Crippen LogP contribution in [0.5, 0.6) is 17.2 Å². The third kappa shape index (κ3) is 8.68. The number of methoxy groups -OCH3 is 1. The van der Waals surface area contributed by atoms with E-state index >= 15 is 0 Å². The number of benzene rings is 2. The largest absolute Gasteiger partial charge is 0.496 e. The number of carbonyl (C=O) groups excluding carboxylic acids is 2. The molecule has 0 amide bonds. The first-order valence-corrected chi connectivity index (χ1v) is 10.7. The zero-order chi connectivity index (χ0) is 21.4. The molecule has 0 aliphatic heterocycles. The fourth-order valence-corrected chi connectivity index (χ4v) is 3.17. The van der Waals surface area contributed by atoms with Crippen molar-refractivity contribution in [2.24, 2.45) is 0 Å². The van der Waals surface area contributed by atoms with Gasteiger partial charge in [-0.1, -0.05) is 38.5 Å². The van der Waals surface area contributed by atoms with Crippen LogP contribution in [0.15, 0.2) is 42.5 Å². The maximum Gasteiger partial charge on any atom is 0.153 e. The molecule has 5 nitrogen and oxygen atoms in total. The third-order valence-electron chi connectivity index (χ3n) is 4.92. The molecule has 0 aromatic heterocycles. The van der Waals surface area contributed by atoms with Crippen molar-refractivity contribution in [3.05, 3.63) is 53.6 Å². The Morgan fingerprint density at radius 3 is 1.73 bits per heavy atom. The van der Waals surface area contributed by atoms with Crippen LogP contribution < -0.4 is 14.2 Å². The molecule has 0 aliphatic rings. The molecule has 0 radical (unpaired) electrons. The highest BCUT2D eigenvalue weighted by atomic mass is 16.5. The van der Waals surface area contributed by atoms with Gasteiger partial charge in [0.25, 0.3) is 0 Å². The van der Waals surface area contributed by atoms with E-state index in [4.69, 9.17) is 14.2 Å². The van der Waals surface area contributed by atoms with Crippen molar-refractivity contribution in [1.29, 1.82) is 0 Å². The number of aldehydes is 2. The quantitative estimate of drug-likeness (QED) is 0.254. The smallest absolute Gasteiger partial charge is 0.153 e. The minimum Gasteiger partial charge on any atom is -0.496 e. The van der Waals surface area contributed by atoms with Gasteiger partial charge >= 0.3 is 0 Å². The summed E-state index contributed by atoms with van der Waals surface area (Å²) < 4.78 is 16.6. The van der Waals surface area contributed by atoms with E-state index in [1.54, 1.807) is 37.4 Å². The van der Waals surface area contributed by atoms with Gasteiger partial charge in [0.05, 0.1) is 25.9 Å². The average molecular weight is 413 g/mol. The predicted molar refractivity (Wildman–Crippen MR) is 118 cm³/mol. The molecule has 0 aliphatic carbocycles. The minimum atomic E-state index is 0.532. The van der Waals surface area contributed by atoms with Crippen LogP contribution >= 0.6 is 0 Å². The molecule has 0 spiro atoms. The molecule has 30 heavy (non-hydrogen) atoms. The second kappa shape index (κ2) is 14.2. The van der Waals surface area contributed by atoms with Crippen molar-refractivity contribution in [1.82, 2.24) is 0 Å². The number of hydrogen-bond acceptors (Lipinski definition) is 5. The van der Waals surface area contributed by atoms with E-state index in [2.05, 4.69) is 0 Å². The highest BCUT2D eigenvalue weighted by molar-refractivity contribution is 5.79. The Kier molecular flexibility index (Phi) is 11.1. The summed E-state index contributed by atoms with van der Waals surface area (Å²) in [6, 6.07) is 12.5. The highest BCUT2D eigenvalue weighted by Gasteiger charge is 2.04. The highest BCUT2D eigenvalue weighted by Crippen LogP contribution is 2.23. The van der Waals surface area contributed by atoms with Gasteiger partial charge in [-0.3, -0.25) is 9.59 Å². The molecule has 0 atom stereocenters. The molecule has 2 aromatic carbocycles. The summed E-state index contributed by atoms with van der Waals surface area (Å²) in [5.41, 5.74) is 1.20. The van der Waals surface area contributed by atoms with Crippen LogP contribution in [0.1, 0.15) is 72.1 Å². The van der Waals surface area contributed by atoms with Gasteiger partial charge in [0.15, 0.2) is 6.29 Å². The molecule has 0 saturated carbocycles. The summed E-state index contributed by atoms with van der Waals surface area (Å²) in [7, 11) is 1.55. The lowest BCUT2D eigenvalue weighted by Crippen LogP contribution is -1.99. The van der Waals surface area contributed by atoms with E-state index in [1.165, 1.54) is 32.1 Å². The van der Waals surface area contributed by atoms with Crippen LogP contribution in [0.3, 0.4) is 0 Å². The first-order valence-electron chi connectivity index (χ1n) is 10.7. The molecule has 5 heteroatoms. The molecule has 2 rings (SSSR count). The van der Waals surface area contributed by atoms with E-state index < -0.39 is 0 Å². The van der Waals surface area contributed by atoms with E-state index in [9.17, 15) is 9.59 Å². The Morgan fingerprint density at radius 2 is 1.20 bits per heavy atom. The molecule has 0 saturated heterocycles. The first kappa shape index (κ1) is 23.5. The zero-order valence-corrected chi connectivity index (χ0v) is 17.8. The molecular weight excluding hydrogens is 380 g/mol. The first-order chi connectivity index (χ1) is 14.8. The van der Waals surface area contributed by atoms with Gasteiger partial charge in [-0.2, -0.15) is 0 Å². The van der Waals surface area contributed by atoms with Crippen molar-refractivity contribution in [2.75, 3.05) is 20.3 Å². The molecular formula is C25H32O5. The van der Waals surface area contributed by atoms with Gasteiger partial charge in [-0.05, 0) is 49.2 Å². The van der Waals surface area contributed by atoms with Crippen molar-refractivity contribution in [3.8, 4) is 17.2 Å². The molecule has 0 fully saturated rings. The third-order valence-corrected chi connectivity index (χ3v) is 4.92. The second-order valence-electron chi connectivity index (χ2n) is 7.23. The minimum absolute atomic E-state index is 0.532. The number of carbonyl (C=O) groups is 2. The van der Waals surface area contributed by atoms with Crippen molar-refractivity contribution >= 4 is 12.6 Å². The van der Waals surface area contributed by atoms with Crippen molar-refractivity contribution in [2.45, 2.75) is 51.4 Å². The van der Waals surface area contributed by atoms with Gasteiger partial charge in [0.1, 0.15) is 23.5 Å². The number of rotatable bonds is 16. The summed E-state index contributed by atoms with van der Waals surface area (Å²) in [4.78, 5) is 21.5. The normalized spacial score (nSPS) is 10.4. The van der Waals surface area contributed by atoms with Crippen LogP contribution in [0.2, 0.25) is 0 Å². The van der Waals surface area contributed by atoms with Gasteiger partial charge in [-0.15, -0.1) is 0 Å². The second-order valence-corrected chi connectivity index (χ2v) is 7.23. The molecule has 162 valence electrons. The van der Waals surface area contributed by atoms with Crippen LogP contribution in [0.25, 0.3) is 0 Å². The lowest BCUT2D eigenvalue weighted by molar-refractivity contribution is 0.111. The molecule has 0 heterocycles. The van der Waals surface area contributed by atoms with Crippen LogP contribution in [-0.2, 0) is 0 Å². The standard InChI is InChI=1S/C25H32O5/c1-28-25-18-24(15-12-22(25)20-27)30-17-9-7-5-3-2-4-6-8-16-29-23-13-10-21(19-26)11-14-23/h10-15,18-20H,2-9,16-17H2,1H3. The maximum absolute atomic E-state index is 10.9. The van der Waals surface area contributed by atoms with Crippen molar-refractivity contribution < 1.29 is 23.8 Å². The fraction of sp³-hybridized carbons (Fsp3) is 0.440. The Balaban J connectivity index is 1.42. The number of unbranched alkanes of at least 4 members (excludes halogenated alkanes) is 7. The van der Waals surface area contributed by atoms with Gasteiger partial charge < -0.3 is 14.2 Å². The Bertz CT molecular complexity index is 755. The lowest BCUT2D eigenvalue weighted by atomic mass is 10.1. The van der Waals surface area contributed by atoms with E-state index in [0.29, 0.717) is 23.5 Å². The van der Waals surface area contributed by atoms with E-state index in [-0.39, 0.29) is 0 Å². The van der Waals surface area contributed by atoms with E-state index in [0.717, 1.165) is 49.9 Å². The summed E-state index contributed by atoms with van der Waals surface area (Å²) in [5.74, 6) is 2.10. The predicted octanol–water partition coefficient (Wildman–Crippen LogP) is 5.90. The van der Waals surface area contributed by atoms with Crippen LogP contribution in [0.4, 0.5) is 0 Å². The number of ether oxygens (including phenoxy) is 3. The van der Waals surface area contributed by atoms with E-state index in [1.807, 2.05) is 12.1 Å². The Morgan fingerprint density at radius 1 is 0.667 bits per heavy atom. The molecule has 0 N–H and O–H groups in total. The summed E-state index contributed by atoms with van der Waals surface area (Å²) >= 11 is 0. The Hall–Kier alpha value is -2.82. The molecule has 2 aromatic rings. The maximum atomic E-state index is 10.9. The number of hydrogen-bond donors (Lipinski definition) is 0. The van der Waals surface area contributed by atoms with Crippen LogP contribution in [-0.4, -0.2) is 32.9 Å². The van der Waals surface area contributed by atoms with Crippen molar-refractivity contribution in [3.63, 3.8) is 0 Å². The van der Waals surface area contributed by atoms with Gasteiger partial charge in [0.2, 0.25) is 0 Å². The average Bonchev–Trinajstić information content (AvgIpc) is 2.80. The summed E-state index contributed by atoms with van der Waals surface area (Å²) in [6.07, 6.45) is 11.0. The SMILES string of the molecule is COc1cc(OCCCCCCCCCCOc2ccc(C=O)cc2)ccc1C=O. The van der Waals surface area contributed by atoms with Gasteiger partial charge in [-0.25, -0.2) is 0 Å². The van der Waals surface area contributed by atoms with Crippen LogP contribution in [0, 0.1) is 0 Å².